The van der Waals surface area contributed by atoms with Crippen LogP contribution in [0.15, 0.2) is 101 Å². The van der Waals surface area contributed by atoms with Gasteiger partial charge in [0.15, 0.2) is 5.82 Å². The number of amidine groups is 2. The molecule has 0 saturated heterocycles. The minimum absolute atomic E-state index is 0.0369. The first-order valence-corrected chi connectivity index (χ1v) is 22.7. The standard InChI is InChI=1S/C50H56Cl2N10O5/c1-8-9-10-35(49(53)61(31(3)54-5)43-21-19-38(66-6)26-40(43)30(2)33-11-15-36(51)16-12-33)25-45(63)55-23-24-56-47(65)29-57-46(64)28-42-50-60-59-32(4)62(50)44-22-20-39(67-7)27-41(44)48(58-42)34-13-17-37(52)18-14-34/h11-22,26-27,35,42,53H,2,8-10,23-25,28-29H2,1,3-7H3,(H,55,63)(H,56,65)(H,57,64). The number of methoxy groups -OCH3 is 2. The number of nitrogens with zero attached hydrogens (tertiary/aromatic N) is 6. The van der Waals surface area contributed by atoms with E-state index >= 15 is 0 Å². The molecule has 350 valence electrons. The Morgan fingerprint density at radius 3 is 2.18 bits per heavy atom. The highest BCUT2D eigenvalue weighted by Gasteiger charge is 2.31. The Labute approximate surface area is 401 Å². The van der Waals surface area contributed by atoms with Crippen LogP contribution in [0.1, 0.15) is 85.9 Å². The van der Waals surface area contributed by atoms with Gasteiger partial charge < -0.3 is 25.4 Å². The first kappa shape index (κ1) is 49.6. The molecule has 0 radical (unpaired) electrons. The van der Waals surface area contributed by atoms with Crippen LogP contribution in [-0.4, -0.2) is 90.8 Å². The fourth-order valence-corrected chi connectivity index (χ4v) is 8.05. The van der Waals surface area contributed by atoms with E-state index < -0.39 is 23.8 Å². The van der Waals surface area contributed by atoms with Gasteiger partial charge in [0.2, 0.25) is 17.7 Å². The zero-order valence-electron chi connectivity index (χ0n) is 38.6. The monoisotopic (exact) mass is 946 g/mol. The van der Waals surface area contributed by atoms with Crippen molar-refractivity contribution < 1.29 is 23.9 Å². The van der Waals surface area contributed by atoms with E-state index in [1.54, 1.807) is 50.4 Å². The number of ether oxygens (including phenoxy) is 2. The minimum Gasteiger partial charge on any atom is -0.497 e. The number of carbonyl (C=O) groups excluding carboxylic acids is 3. The number of aryl methyl sites for hydroxylation is 1. The van der Waals surface area contributed by atoms with E-state index in [9.17, 15) is 19.8 Å². The van der Waals surface area contributed by atoms with Crippen LogP contribution in [0.25, 0.3) is 11.3 Å². The van der Waals surface area contributed by atoms with Crippen LogP contribution in [0.2, 0.25) is 10.0 Å². The summed E-state index contributed by atoms with van der Waals surface area (Å²) in [4.78, 5) is 51.2. The number of unbranched alkanes of at least 4 members (excludes halogenated alkanes) is 1. The van der Waals surface area contributed by atoms with Crippen LogP contribution in [-0.2, 0) is 14.4 Å². The van der Waals surface area contributed by atoms with Gasteiger partial charge in [-0.1, -0.05) is 73.8 Å². The van der Waals surface area contributed by atoms with Crippen molar-refractivity contribution >= 4 is 69.6 Å². The van der Waals surface area contributed by atoms with E-state index in [0.29, 0.717) is 62.4 Å². The lowest BCUT2D eigenvalue weighted by molar-refractivity contribution is -0.126. The molecule has 0 aliphatic carbocycles. The van der Waals surface area contributed by atoms with Gasteiger partial charge in [-0.05, 0) is 92.1 Å². The van der Waals surface area contributed by atoms with Crippen LogP contribution in [0.3, 0.4) is 0 Å². The van der Waals surface area contributed by atoms with Crippen LogP contribution < -0.4 is 30.3 Å². The molecule has 5 aromatic rings. The van der Waals surface area contributed by atoms with E-state index in [1.165, 1.54) is 0 Å². The highest BCUT2D eigenvalue weighted by molar-refractivity contribution is 6.31. The van der Waals surface area contributed by atoms with Gasteiger partial charge in [-0.3, -0.25) is 39.2 Å². The van der Waals surface area contributed by atoms with Gasteiger partial charge in [-0.15, -0.1) is 10.2 Å². The summed E-state index contributed by atoms with van der Waals surface area (Å²) in [7, 11) is 4.84. The Hall–Kier alpha value is -6.84. The lowest BCUT2D eigenvalue weighted by Crippen LogP contribution is -2.43. The van der Waals surface area contributed by atoms with Gasteiger partial charge in [0.25, 0.3) is 0 Å². The molecule has 0 saturated carbocycles. The van der Waals surface area contributed by atoms with Crippen LogP contribution in [0, 0.1) is 18.3 Å². The quantitative estimate of drug-likeness (QED) is 0.0361. The van der Waals surface area contributed by atoms with Crippen molar-refractivity contribution in [2.24, 2.45) is 15.9 Å². The van der Waals surface area contributed by atoms with E-state index in [2.05, 4.69) is 44.6 Å². The molecule has 2 unspecified atom stereocenters. The van der Waals surface area contributed by atoms with Gasteiger partial charge in [0.1, 0.15) is 35.0 Å². The fourth-order valence-electron chi connectivity index (χ4n) is 7.80. The zero-order chi connectivity index (χ0) is 48.2. The molecule has 15 nitrogen and oxygen atoms in total. The van der Waals surface area contributed by atoms with Crippen molar-refractivity contribution in [2.75, 3.05) is 45.8 Å². The molecule has 2 heterocycles. The molecule has 3 amide bonds. The molecule has 0 spiro atoms. The first-order valence-electron chi connectivity index (χ1n) is 22.0. The van der Waals surface area contributed by atoms with E-state index in [4.69, 9.17) is 37.7 Å². The summed E-state index contributed by atoms with van der Waals surface area (Å²) >= 11 is 12.4. The Morgan fingerprint density at radius 1 is 0.881 bits per heavy atom. The number of nitrogens with one attached hydrogen (secondary N) is 4. The molecule has 0 bridgehead atoms. The number of rotatable bonds is 19. The highest BCUT2D eigenvalue weighted by atomic mass is 35.5. The van der Waals surface area contributed by atoms with Crippen LogP contribution in [0.4, 0.5) is 5.69 Å². The summed E-state index contributed by atoms with van der Waals surface area (Å²) in [6, 6.07) is 25.1. The maximum atomic E-state index is 13.5. The average molecular weight is 948 g/mol. The number of benzene rings is 4. The third kappa shape index (κ3) is 12.1. The molecular formula is C50H56Cl2N10O5. The number of amides is 3. The van der Waals surface area contributed by atoms with Gasteiger partial charge in [0, 0.05) is 59.2 Å². The fraction of sp³-hybridized carbons (Fsp3) is 0.320. The molecule has 2 atom stereocenters. The molecule has 1 aromatic heterocycles. The summed E-state index contributed by atoms with van der Waals surface area (Å²) in [5.41, 5.74) is 5.88. The molecular weight excluding hydrogens is 892 g/mol. The number of fused-ring (bicyclic) bond motifs is 3. The minimum atomic E-state index is -0.747. The van der Waals surface area contributed by atoms with Gasteiger partial charge >= 0.3 is 0 Å². The topological polar surface area (TPSA) is 188 Å². The smallest absolute Gasteiger partial charge is 0.239 e. The highest BCUT2D eigenvalue weighted by Crippen LogP contribution is 2.37. The second-order valence-electron chi connectivity index (χ2n) is 15.9. The Morgan fingerprint density at radius 2 is 1.52 bits per heavy atom. The second kappa shape index (κ2) is 23.1. The summed E-state index contributed by atoms with van der Waals surface area (Å²) < 4.78 is 13.0. The van der Waals surface area contributed by atoms with Crippen molar-refractivity contribution in [3.63, 3.8) is 0 Å². The average Bonchev–Trinajstić information content (AvgIpc) is 3.66. The van der Waals surface area contributed by atoms with Crippen LogP contribution in [0.5, 0.6) is 11.5 Å². The molecule has 1 aliphatic heterocycles. The molecule has 4 N–H and O–H groups in total. The summed E-state index contributed by atoms with van der Waals surface area (Å²) in [6.45, 7) is 10.1. The normalized spacial score (nSPS) is 13.5. The van der Waals surface area contributed by atoms with E-state index in [-0.39, 0.29) is 44.2 Å². The van der Waals surface area contributed by atoms with Crippen molar-refractivity contribution in [1.82, 2.24) is 30.7 Å². The van der Waals surface area contributed by atoms with Crippen molar-refractivity contribution in [2.45, 2.75) is 58.9 Å². The molecule has 67 heavy (non-hydrogen) atoms. The van der Waals surface area contributed by atoms with Crippen LogP contribution >= 0.6 is 23.2 Å². The SMILES string of the molecule is C=C(c1ccc(Cl)cc1)c1cc(OC)ccc1N(C(=N)C(CCCC)CC(=O)NCCNC(=O)CNC(=O)CC1N=C(c2ccc(Cl)cc2)c2cc(OC)ccc2-n2c(C)nnc21)C(C)=NC. The molecule has 4 aromatic carbocycles. The van der Waals surface area contributed by atoms with Gasteiger partial charge in [-0.2, -0.15) is 0 Å². The predicted octanol–water partition coefficient (Wildman–Crippen LogP) is 8.32. The number of anilines is 1. The lowest BCUT2D eigenvalue weighted by atomic mass is 9.93. The molecule has 6 rings (SSSR count). The predicted molar refractivity (Wildman–Crippen MR) is 266 cm³/mol. The molecule has 0 fully saturated rings. The van der Waals surface area contributed by atoms with Crippen molar-refractivity contribution in [3.8, 4) is 17.2 Å². The number of aliphatic imine (C=N–C) groups is 2. The Bertz CT molecular complexity index is 2680. The summed E-state index contributed by atoms with van der Waals surface area (Å²) in [5.74, 6) is 1.52. The van der Waals surface area contributed by atoms with E-state index in [1.807, 2.05) is 79.1 Å². The summed E-state index contributed by atoms with van der Waals surface area (Å²) in [5, 5.41) is 27.8. The lowest BCUT2D eigenvalue weighted by Gasteiger charge is -2.32. The number of hydrogen-bond donors (Lipinski definition) is 4. The zero-order valence-corrected chi connectivity index (χ0v) is 40.1. The molecule has 17 heteroatoms. The Kier molecular flexibility index (Phi) is 17.1. The van der Waals surface area contributed by atoms with Crippen molar-refractivity contribution in [1.29, 1.82) is 5.41 Å². The first-order chi connectivity index (χ1) is 32.3. The van der Waals surface area contributed by atoms with Gasteiger partial charge in [0.05, 0.1) is 44.3 Å². The Balaban J connectivity index is 1.07. The van der Waals surface area contributed by atoms with Gasteiger partial charge in [-0.25, -0.2) is 0 Å². The maximum absolute atomic E-state index is 13.5. The molecule has 1 aliphatic rings. The third-order valence-corrected chi connectivity index (χ3v) is 11.9. The van der Waals surface area contributed by atoms with E-state index in [0.717, 1.165) is 40.8 Å². The number of hydrogen-bond acceptors (Lipinski definition) is 10. The second-order valence-corrected chi connectivity index (χ2v) is 16.8. The third-order valence-electron chi connectivity index (χ3n) is 11.4. The summed E-state index contributed by atoms with van der Waals surface area (Å²) in [6.07, 6.45) is 2.18. The number of carbonyl (C=O) groups is 3. The largest absolute Gasteiger partial charge is 0.497 e. The van der Waals surface area contributed by atoms with Crippen molar-refractivity contribution in [3.05, 3.63) is 135 Å². The maximum Gasteiger partial charge on any atom is 0.239 e. The number of halogens is 2. The number of aromatic nitrogens is 3.